The molecule has 16 heteroatoms. The van der Waals surface area contributed by atoms with Gasteiger partial charge >= 0.3 is 12.1 Å². The summed E-state index contributed by atoms with van der Waals surface area (Å²) < 4.78 is 57.5. The highest BCUT2D eigenvalue weighted by Crippen LogP contribution is 2.44. The number of piperazine rings is 1. The average Bonchev–Trinajstić information content (AvgIpc) is 3.88. The number of hydrazine groups is 1. The molecule has 1 saturated carbocycles. The van der Waals surface area contributed by atoms with Gasteiger partial charge in [-0.3, -0.25) is 24.5 Å². The Kier molecular flexibility index (Phi) is 10.9. The van der Waals surface area contributed by atoms with Gasteiger partial charge in [-0.15, -0.1) is 11.3 Å². The quantitative estimate of drug-likeness (QED) is 0.228. The monoisotopic (exact) mass is 808 g/mol. The van der Waals surface area contributed by atoms with Gasteiger partial charge in [-0.25, -0.2) is 10.4 Å². The number of nitrogens with two attached hydrogens (primary N) is 1. The van der Waals surface area contributed by atoms with Crippen LogP contribution < -0.4 is 16.1 Å². The average molecular weight is 809 g/mol. The highest BCUT2D eigenvalue weighted by molar-refractivity contribution is 7.10. The lowest BCUT2D eigenvalue weighted by molar-refractivity contribution is -0.155. The number of cyclic esters (lactones) is 1. The fourth-order valence-corrected chi connectivity index (χ4v) is 9.35. The van der Waals surface area contributed by atoms with Crippen molar-refractivity contribution < 1.29 is 32.2 Å². The Morgan fingerprint density at radius 2 is 1.88 bits per heavy atom. The Hall–Kier alpha value is -4.09. The van der Waals surface area contributed by atoms with Gasteiger partial charge in [-0.2, -0.15) is 13.2 Å². The van der Waals surface area contributed by atoms with Gasteiger partial charge in [-0.05, 0) is 62.8 Å². The molecule has 3 aliphatic heterocycles. The minimum Gasteiger partial charge on any atom is -0.464 e. The van der Waals surface area contributed by atoms with Crippen molar-refractivity contribution in [3.8, 4) is 22.5 Å². The Morgan fingerprint density at radius 3 is 2.60 bits per heavy atom. The summed E-state index contributed by atoms with van der Waals surface area (Å²) in [4.78, 5) is 41.5. The highest BCUT2D eigenvalue weighted by atomic mass is 32.1. The molecule has 3 N–H and O–H groups in total. The van der Waals surface area contributed by atoms with E-state index in [4.69, 9.17) is 25.2 Å². The van der Waals surface area contributed by atoms with E-state index >= 15 is 0 Å². The molecule has 3 atom stereocenters. The standard InChI is InChI=1S/C41H51F3N8O4S/c1-24(55-4)36-29(17-27(20-46-36)50-14-12-49(13-15-50)26-8-9-26)37-30-19-40(2,3)23-56-39(54)32-6-5-11-52(48-32)38(53)31(45)18-35-47-33(21-57-35)25-7-10-34(28(30)16-25)51(37)22-41(42,43)44/h7,10,16-17,20-21,24,26,31-32,48H,5-6,8-9,11-15,18-19,22-23,45H2,1-4H3/t24-,31-,32-/m0/s1. The smallest absolute Gasteiger partial charge is 0.406 e. The van der Waals surface area contributed by atoms with Gasteiger partial charge in [-0.1, -0.05) is 19.9 Å². The number of amides is 1. The van der Waals surface area contributed by atoms with Crippen LogP contribution in [0.15, 0.2) is 35.8 Å². The van der Waals surface area contributed by atoms with Gasteiger partial charge in [0.25, 0.3) is 5.91 Å². The second kappa shape index (κ2) is 15.6. The number of alkyl halides is 3. The van der Waals surface area contributed by atoms with E-state index in [1.807, 2.05) is 44.5 Å². The summed E-state index contributed by atoms with van der Waals surface area (Å²) in [5.74, 6) is -0.840. The normalized spacial score (nSPS) is 23.1. The number of hydrogen-bond acceptors (Lipinski definition) is 11. The number of fused-ring (bicyclic) bond motifs is 6. The van der Waals surface area contributed by atoms with Crippen molar-refractivity contribution in [1.82, 2.24) is 29.9 Å². The maximum absolute atomic E-state index is 14.8. The number of benzene rings is 1. The van der Waals surface area contributed by atoms with Gasteiger partial charge < -0.3 is 24.7 Å². The van der Waals surface area contributed by atoms with Crippen molar-refractivity contribution in [2.24, 2.45) is 11.1 Å². The number of carbonyl (C=O) groups is 2. The van der Waals surface area contributed by atoms with Crippen molar-refractivity contribution >= 4 is 39.8 Å². The number of aromatic nitrogens is 3. The molecule has 2 saturated heterocycles. The molecule has 3 aromatic heterocycles. The molecule has 12 nitrogen and oxygen atoms in total. The number of carbonyl (C=O) groups excluding carboxylic acids is 2. The van der Waals surface area contributed by atoms with E-state index in [0.29, 0.717) is 69.5 Å². The third-order valence-corrected chi connectivity index (χ3v) is 12.6. The largest absolute Gasteiger partial charge is 0.464 e. The third kappa shape index (κ3) is 8.42. The van der Waals surface area contributed by atoms with E-state index in [9.17, 15) is 22.8 Å². The summed E-state index contributed by atoms with van der Waals surface area (Å²) in [5, 5.41) is 4.58. The van der Waals surface area contributed by atoms with Gasteiger partial charge in [0, 0.05) is 85.1 Å². The summed E-state index contributed by atoms with van der Waals surface area (Å²) in [7, 11) is 1.57. The molecule has 0 unspecified atom stereocenters. The van der Waals surface area contributed by atoms with Crippen LogP contribution in [-0.4, -0.2) is 107 Å². The van der Waals surface area contributed by atoms with Crippen LogP contribution in [0.25, 0.3) is 33.4 Å². The first-order valence-electron chi connectivity index (χ1n) is 19.9. The molecular weight excluding hydrogens is 758 g/mol. The van der Waals surface area contributed by atoms with Crippen LogP contribution >= 0.6 is 11.3 Å². The number of anilines is 1. The zero-order chi connectivity index (χ0) is 40.2. The van der Waals surface area contributed by atoms with Gasteiger partial charge in [0.2, 0.25) is 0 Å². The molecule has 6 heterocycles. The third-order valence-electron chi connectivity index (χ3n) is 11.7. The minimum absolute atomic E-state index is 0.0110. The van der Waals surface area contributed by atoms with E-state index in [1.165, 1.54) is 33.8 Å². The van der Waals surface area contributed by atoms with E-state index in [-0.39, 0.29) is 25.4 Å². The van der Waals surface area contributed by atoms with Crippen LogP contribution in [0.4, 0.5) is 18.9 Å². The second-order valence-corrected chi connectivity index (χ2v) is 17.7. The topological polar surface area (TPSA) is 131 Å². The minimum atomic E-state index is -4.55. The van der Waals surface area contributed by atoms with Crippen LogP contribution in [0.3, 0.4) is 0 Å². The van der Waals surface area contributed by atoms with E-state index < -0.39 is 42.3 Å². The number of rotatable bonds is 6. The predicted molar refractivity (Wildman–Crippen MR) is 213 cm³/mol. The summed E-state index contributed by atoms with van der Waals surface area (Å²) in [6.07, 6.45) is 0.718. The number of esters is 1. The molecule has 3 fully saturated rings. The van der Waals surface area contributed by atoms with Gasteiger partial charge in [0.05, 0.1) is 52.7 Å². The number of nitrogens with one attached hydrogen (secondary N) is 1. The summed E-state index contributed by atoms with van der Waals surface area (Å²) in [6.45, 7) is 8.33. The lowest BCUT2D eigenvalue weighted by atomic mass is 9.84. The molecule has 8 rings (SSSR count). The van der Waals surface area contributed by atoms with Crippen molar-refractivity contribution in [1.29, 1.82) is 0 Å². The van der Waals surface area contributed by atoms with Crippen molar-refractivity contribution in [3.05, 3.63) is 52.1 Å². The Balaban J connectivity index is 1.30. The molecule has 57 heavy (non-hydrogen) atoms. The molecule has 4 aromatic rings. The second-order valence-electron chi connectivity index (χ2n) is 16.7. The number of hydrogen-bond donors (Lipinski definition) is 2. The van der Waals surface area contributed by atoms with Crippen LogP contribution in [0, 0.1) is 5.41 Å². The van der Waals surface area contributed by atoms with E-state index in [1.54, 1.807) is 19.2 Å². The molecular formula is C41H51F3N8O4S. The van der Waals surface area contributed by atoms with Gasteiger partial charge in [0.15, 0.2) is 0 Å². The SMILES string of the molecule is CO[C@@H](C)c1ncc(N2CCN(C3CC3)CC2)cc1-c1c2c3cc(ccc3n1CC(F)(F)F)-c1csc(n1)C[C@H](N)C(=O)N1CCC[C@H](N1)C(=O)OCC(C)(C)C2. The maximum atomic E-state index is 14.8. The zero-order valence-corrected chi connectivity index (χ0v) is 33.7. The van der Waals surface area contributed by atoms with Crippen LogP contribution in [-0.2, 0) is 38.4 Å². The number of ether oxygens (including phenoxy) is 2. The van der Waals surface area contributed by atoms with Gasteiger partial charge in [0.1, 0.15) is 12.6 Å². The highest BCUT2D eigenvalue weighted by Gasteiger charge is 2.37. The van der Waals surface area contributed by atoms with Crippen molar-refractivity contribution in [2.45, 2.75) is 96.2 Å². The van der Waals surface area contributed by atoms with Crippen LogP contribution in [0.1, 0.15) is 68.8 Å². The summed E-state index contributed by atoms with van der Waals surface area (Å²) in [5.41, 5.74) is 13.5. The lowest BCUT2D eigenvalue weighted by Crippen LogP contribution is -2.59. The first-order chi connectivity index (χ1) is 27.2. The maximum Gasteiger partial charge on any atom is 0.406 e. The lowest BCUT2D eigenvalue weighted by Gasteiger charge is -2.36. The summed E-state index contributed by atoms with van der Waals surface area (Å²) >= 11 is 1.37. The van der Waals surface area contributed by atoms with E-state index in [0.717, 1.165) is 37.4 Å². The fraction of sp³-hybridized carbons (Fsp3) is 0.561. The number of pyridine rings is 1. The number of halogens is 3. The molecule has 306 valence electrons. The molecule has 6 bridgehead atoms. The first kappa shape index (κ1) is 39.7. The molecule has 0 spiro atoms. The number of methoxy groups -OCH3 is 1. The Bertz CT molecular complexity index is 2140. The number of thiazole rings is 1. The zero-order valence-electron chi connectivity index (χ0n) is 32.9. The number of nitrogens with zero attached hydrogens (tertiary/aromatic N) is 6. The molecule has 1 amide bonds. The van der Waals surface area contributed by atoms with Crippen LogP contribution in [0.5, 0.6) is 0 Å². The molecule has 0 radical (unpaired) electrons. The molecule has 1 aromatic carbocycles. The molecule has 4 aliphatic rings. The van der Waals surface area contributed by atoms with Crippen molar-refractivity contribution in [3.63, 3.8) is 0 Å². The predicted octanol–water partition coefficient (Wildman–Crippen LogP) is 5.87. The summed E-state index contributed by atoms with van der Waals surface area (Å²) in [6, 6.07) is 6.43. The Labute approximate surface area is 334 Å². The van der Waals surface area contributed by atoms with E-state index in [2.05, 4.69) is 15.2 Å². The van der Waals surface area contributed by atoms with Crippen LogP contribution in [0.2, 0.25) is 0 Å². The first-order valence-corrected chi connectivity index (χ1v) is 20.7. The van der Waals surface area contributed by atoms with Crippen molar-refractivity contribution in [2.75, 3.05) is 51.3 Å². The molecule has 1 aliphatic carbocycles. The fourth-order valence-electron chi connectivity index (χ4n) is 8.49. The Morgan fingerprint density at radius 1 is 1.11 bits per heavy atom.